The van der Waals surface area contributed by atoms with Gasteiger partial charge in [-0.05, 0) is 24.3 Å². The van der Waals surface area contributed by atoms with Crippen LogP contribution in [-0.4, -0.2) is 15.7 Å². The van der Waals surface area contributed by atoms with Crippen LogP contribution < -0.4 is 5.11 Å². The number of carbonyl (C=O) groups excluding carboxylic acids is 1. The quantitative estimate of drug-likeness (QED) is 0.740. The third kappa shape index (κ3) is 2.71. The van der Waals surface area contributed by atoms with Crippen LogP contribution >= 0.6 is 23.2 Å². The molecular formula is C16H9Cl2N2O2-. The number of hydrogen-bond donors (Lipinski definition) is 0. The van der Waals surface area contributed by atoms with Gasteiger partial charge in [0.05, 0.1) is 33.1 Å². The van der Waals surface area contributed by atoms with E-state index in [9.17, 15) is 9.90 Å². The minimum Gasteiger partial charge on any atom is -0.543 e. The molecule has 6 heteroatoms. The number of hydrogen-bond acceptors (Lipinski definition) is 3. The van der Waals surface area contributed by atoms with Crippen molar-refractivity contribution in [3.8, 4) is 16.9 Å². The zero-order valence-corrected chi connectivity index (χ0v) is 12.7. The summed E-state index contributed by atoms with van der Waals surface area (Å²) < 4.78 is 1.28. The van der Waals surface area contributed by atoms with E-state index in [1.807, 2.05) is 30.3 Å². The number of aromatic carboxylic acids is 1. The highest BCUT2D eigenvalue weighted by atomic mass is 35.5. The Morgan fingerprint density at radius 1 is 1.00 bits per heavy atom. The molecular weight excluding hydrogens is 323 g/mol. The number of aromatic nitrogens is 2. The number of carbonyl (C=O) groups is 1. The van der Waals surface area contributed by atoms with Crippen molar-refractivity contribution in [1.29, 1.82) is 0 Å². The minimum absolute atomic E-state index is 0.0581. The first kappa shape index (κ1) is 14.6. The number of rotatable bonds is 3. The van der Waals surface area contributed by atoms with Crippen LogP contribution in [0.3, 0.4) is 0 Å². The second-order valence-corrected chi connectivity index (χ2v) is 5.39. The highest BCUT2D eigenvalue weighted by Gasteiger charge is 2.13. The Balaban J connectivity index is 2.16. The van der Waals surface area contributed by atoms with Crippen LogP contribution in [0, 0.1) is 0 Å². The fourth-order valence-electron chi connectivity index (χ4n) is 2.09. The first-order chi connectivity index (χ1) is 10.6. The summed E-state index contributed by atoms with van der Waals surface area (Å²) in [5.41, 5.74) is 1.78. The Labute approximate surface area is 136 Å². The second-order valence-electron chi connectivity index (χ2n) is 4.58. The SMILES string of the molecule is O=C([O-])c1cc(-c2ccccc2)nn1-c1ccc(Cl)c(Cl)c1. The molecule has 0 saturated carbocycles. The van der Waals surface area contributed by atoms with Crippen LogP contribution in [0.1, 0.15) is 10.5 Å². The molecule has 0 unspecified atom stereocenters. The third-order valence-corrected chi connectivity index (χ3v) is 3.87. The van der Waals surface area contributed by atoms with Gasteiger partial charge in [0.1, 0.15) is 0 Å². The summed E-state index contributed by atoms with van der Waals surface area (Å²) in [6.45, 7) is 0. The van der Waals surface area contributed by atoms with E-state index in [4.69, 9.17) is 23.2 Å². The molecule has 0 radical (unpaired) electrons. The zero-order valence-electron chi connectivity index (χ0n) is 11.2. The minimum atomic E-state index is -1.32. The maximum Gasteiger partial charge on any atom is 0.0934 e. The molecule has 0 aliphatic rings. The van der Waals surface area contributed by atoms with Crippen molar-refractivity contribution < 1.29 is 9.90 Å². The van der Waals surface area contributed by atoms with Crippen LogP contribution in [0.4, 0.5) is 0 Å². The summed E-state index contributed by atoms with van der Waals surface area (Å²) in [7, 11) is 0. The molecule has 3 rings (SSSR count). The summed E-state index contributed by atoms with van der Waals surface area (Å²) in [6, 6.07) is 15.5. The van der Waals surface area contributed by atoms with E-state index in [1.165, 1.54) is 10.7 Å². The molecule has 1 heterocycles. The predicted molar refractivity (Wildman–Crippen MR) is 83.4 cm³/mol. The lowest BCUT2D eigenvalue weighted by molar-refractivity contribution is -0.255. The summed E-state index contributed by atoms with van der Waals surface area (Å²) in [4.78, 5) is 11.4. The van der Waals surface area contributed by atoms with E-state index in [-0.39, 0.29) is 5.69 Å². The van der Waals surface area contributed by atoms with E-state index in [1.54, 1.807) is 18.2 Å². The van der Waals surface area contributed by atoms with Crippen molar-refractivity contribution in [2.24, 2.45) is 0 Å². The average Bonchev–Trinajstić information content (AvgIpc) is 2.96. The molecule has 0 bridgehead atoms. The van der Waals surface area contributed by atoms with Crippen molar-refractivity contribution >= 4 is 29.2 Å². The molecule has 22 heavy (non-hydrogen) atoms. The molecule has 0 aliphatic carbocycles. The molecule has 0 aliphatic heterocycles. The molecule has 0 spiro atoms. The van der Waals surface area contributed by atoms with Crippen molar-refractivity contribution in [1.82, 2.24) is 9.78 Å². The normalized spacial score (nSPS) is 10.6. The average molecular weight is 332 g/mol. The molecule has 110 valence electrons. The lowest BCUT2D eigenvalue weighted by atomic mass is 10.1. The molecule has 0 atom stereocenters. The van der Waals surface area contributed by atoms with Gasteiger partial charge in [-0.1, -0.05) is 53.5 Å². The Bertz CT molecular complexity index is 845. The van der Waals surface area contributed by atoms with Crippen LogP contribution in [0.25, 0.3) is 16.9 Å². The molecule has 0 saturated heterocycles. The highest BCUT2D eigenvalue weighted by molar-refractivity contribution is 6.42. The molecule has 4 nitrogen and oxygen atoms in total. The fourth-order valence-corrected chi connectivity index (χ4v) is 2.38. The van der Waals surface area contributed by atoms with Gasteiger partial charge in [-0.2, -0.15) is 5.10 Å². The monoisotopic (exact) mass is 331 g/mol. The van der Waals surface area contributed by atoms with Gasteiger partial charge in [-0.25, -0.2) is 4.68 Å². The van der Waals surface area contributed by atoms with E-state index < -0.39 is 5.97 Å². The van der Waals surface area contributed by atoms with Crippen molar-refractivity contribution in [2.75, 3.05) is 0 Å². The van der Waals surface area contributed by atoms with Crippen LogP contribution in [0.15, 0.2) is 54.6 Å². The van der Waals surface area contributed by atoms with E-state index in [0.29, 0.717) is 21.4 Å². The van der Waals surface area contributed by atoms with E-state index >= 15 is 0 Å². The number of carboxylic acids is 1. The lowest BCUT2D eigenvalue weighted by Crippen LogP contribution is -2.25. The standard InChI is InChI=1S/C16H10Cl2N2O2/c17-12-7-6-11(8-13(12)18)20-15(16(21)22)9-14(19-20)10-4-2-1-3-5-10/h1-9H,(H,21,22)/p-1. The molecule has 0 N–H and O–H groups in total. The molecule has 0 fully saturated rings. The summed E-state index contributed by atoms with van der Waals surface area (Å²) >= 11 is 11.9. The Morgan fingerprint density at radius 2 is 1.73 bits per heavy atom. The van der Waals surface area contributed by atoms with Gasteiger partial charge in [-0.15, -0.1) is 0 Å². The number of carboxylic acid groups (broad SMARTS) is 1. The lowest BCUT2D eigenvalue weighted by Gasteiger charge is -2.08. The third-order valence-electron chi connectivity index (χ3n) is 3.14. The maximum absolute atomic E-state index is 11.4. The Morgan fingerprint density at radius 3 is 2.36 bits per heavy atom. The largest absolute Gasteiger partial charge is 0.543 e. The summed E-state index contributed by atoms with van der Waals surface area (Å²) in [6.07, 6.45) is 0. The maximum atomic E-state index is 11.4. The zero-order chi connectivity index (χ0) is 15.7. The number of benzene rings is 2. The van der Waals surface area contributed by atoms with E-state index in [2.05, 4.69) is 5.10 Å². The first-order valence-corrected chi connectivity index (χ1v) is 7.14. The van der Waals surface area contributed by atoms with Gasteiger partial charge < -0.3 is 9.90 Å². The topological polar surface area (TPSA) is 57.9 Å². The van der Waals surface area contributed by atoms with Crippen molar-refractivity contribution in [3.05, 3.63) is 70.3 Å². The number of halogens is 2. The second kappa shape index (κ2) is 5.83. The smallest absolute Gasteiger partial charge is 0.0934 e. The van der Waals surface area contributed by atoms with Gasteiger partial charge in [0.2, 0.25) is 0 Å². The Hall–Kier alpha value is -2.30. The highest BCUT2D eigenvalue weighted by Crippen LogP contribution is 2.26. The van der Waals surface area contributed by atoms with E-state index in [0.717, 1.165) is 5.56 Å². The van der Waals surface area contributed by atoms with Crippen molar-refractivity contribution in [3.63, 3.8) is 0 Å². The molecule has 2 aromatic carbocycles. The van der Waals surface area contributed by atoms with Crippen molar-refractivity contribution in [2.45, 2.75) is 0 Å². The summed E-state index contributed by atoms with van der Waals surface area (Å²) in [5.74, 6) is -1.32. The predicted octanol–water partition coefficient (Wildman–Crippen LogP) is 3.21. The summed E-state index contributed by atoms with van der Waals surface area (Å²) in [5, 5.41) is 16.4. The van der Waals surface area contributed by atoms with Crippen LogP contribution in [0.2, 0.25) is 10.0 Å². The number of nitrogens with zero attached hydrogens (tertiary/aromatic N) is 2. The molecule has 1 aromatic heterocycles. The molecule has 0 amide bonds. The first-order valence-electron chi connectivity index (χ1n) is 6.38. The van der Waals surface area contributed by atoms with Gasteiger partial charge in [0.25, 0.3) is 0 Å². The Kier molecular flexibility index (Phi) is 3.88. The molecule has 3 aromatic rings. The van der Waals surface area contributed by atoms with Crippen LogP contribution in [0.5, 0.6) is 0 Å². The van der Waals surface area contributed by atoms with Gasteiger partial charge in [-0.3, -0.25) is 0 Å². The van der Waals surface area contributed by atoms with Crippen LogP contribution in [-0.2, 0) is 0 Å². The fraction of sp³-hybridized carbons (Fsp3) is 0. The van der Waals surface area contributed by atoms with Gasteiger partial charge in [0, 0.05) is 5.56 Å². The van der Waals surface area contributed by atoms with Gasteiger partial charge >= 0.3 is 0 Å². The van der Waals surface area contributed by atoms with Gasteiger partial charge in [0.15, 0.2) is 0 Å².